The van der Waals surface area contributed by atoms with Crippen LogP contribution in [0, 0.1) is 0 Å². The molecule has 1 aromatic carbocycles. The van der Waals surface area contributed by atoms with E-state index in [1.165, 1.54) is 18.4 Å². The van der Waals surface area contributed by atoms with Gasteiger partial charge >= 0.3 is 0 Å². The number of hydrogen-bond acceptors (Lipinski definition) is 7. The van der Waals surface area contributed by atoms with Gasteiger partial charge in [0.1, 0.15) is 0 Å². The normalized spacial score (nSPS) is 18.5. The zero-order valence-electron chi connectivity index (χ0n) is 19.3. The van der Waals surface area contributed by atoms with Gasteiger partial charge in [0.2, 0.25) is 0 Å². The average molecular weight is 450 g/mol. The molecule has 1 saturated heterocycles. The van der Waals surface area contributed by atoms with Gasteiger partial charge in [0.25, 0.3) is 5.91 Å². The molecule has 2 aliphatic rings. The van der Waals surface area contributed by atoms with Crippen molar-refractivity contribution in [3.63, 3.8) is 0 Å². The van der Waals surface area contributed by atoms with Gasteiger partial charge in [-0.1, -0.05) is 25.0 Å². The fraction of sp³-hybridized carbons (Fsp3) is 0.500. The zero-order valence-corrected chi connectivity index (χ0v) is 19.3. The number of rotatable bonds is 6. The molecule has 174 valence electrons. The molecule has 0 bridgehead atoms. The second kappa shape index (κ2) is 9.35. The molecule has 3 heterocycles. The summed E-state index contributed by atoms with van der Waals surface area (Å²) < 4.78 is 7.37. The second-order valence-corrected chi connectivity index (χ2v) is 9.11. The van der Waals surface area contributed by atoms with Crippen LogP contribution in [0.2, 0.25) is 0 Å². The van der Waals surface area contributed by atoms with Gasteiger partial charge in [0, 0.05) is 46.0 Å². The maximum absolute atomic E-state index is 12.7. The lowest BCUT2D eigenvalue weighted by atomic mass is 10.0. The number of piperazine rings is 1. The Labute approximate surface area is 193 Å². The molecule has 1 aliphatic carbocycles. The maximum Gasteiger partial charge on any atom is 0.289 e. The minimum Gasteiger partial charge on any atom is -0.459 e. The summed E-state index contributed by atoms with van der Waals surface area (Å²) in [6, 6.07) is 12.4. The number of aromatic nitrogens is 4. The fourth-order valence-electron chi connectivity index (χ4n) is 5.01. The minimum atomic E-state index is -0.0577. The molecule has 9 nitrogen and oxygen atoms in total. The first kappa shape index (κ1) is 21.6. The molecule has 1 aliphatic heterocycles. The Morgan fingerprint density at radius 2 is 1.79 bits per heavy atom. The third-order valence-electron chi connectivity index (χ3n) is 6.86. The van der Waals surface area contributed by atoms with E-state index in [0.29, 0.717) is 24.9 Å². The summed E-state index contributed by atoms with van der Waals surface area (Å²) in [5.74, 6) is 1.23. The Morgan fingerprint density at radius 3 is 2.42 bits per heavy atom. The van der Waals surface area contributed by atoms with Crippen molar-refractivity contribution in [2.75, 3.05) is 45.2 Å². The summed E-state index contributed by atoms with van der Waals surface area (Å²) in [5, 5.41) is 13.0. The fourth-order valence-corrected chi connectivity index (χ4v) is 5.01. The molecule has 0 radical (unpaired) electrons. The van der Waals surface area contributed by atoms with E-state index in [0.717, 1.165) is 37.4 Å². The van der Waals surface area contributed by atoms with Crippen LogP contribution in [0.15, 0.2) is 47.1 Å². The summed E-state index contributed by atoms with van der Waals surface area (Å²) in [4.78, 5) is 19.1. The molecule has 1 amide bonds. The summed E-state index contributed by atoms with van der Waals surface area (Å²) >= 11 is 0. The minimum absolute atomic E-state index is 0.0534. The summed E-state index contributed by atoms with van der Waals surface area (Å²) in [5.41, 5.74) is 2.32. The van der Waals surface area contributed by atoms with Gasteiger partial charge in [-0.15, -0.1) is 5.10 Å². The summed E-state index contributed by atoms with van der Waals surface area (Å²) in [7, 11) is 4.09. The molecule has 3 aromatic rings. The number of nitrogens with zero attached hydrogens (tertiary/aromatic N) is 7. The lowest BCUT2D eigenvalue weighted by Crippen LogP contribution is -2.50. The molecule has 2 fully saturated rings. The number of carbonyl (C=O) groups excluding carboxylic acids is 1. The van der Waals surface area contributed by atoms with Crippen molar-refractivity contribution in [1.82, 2.24) is 30.0 Å². The van der Waals surface area contributed by atoms with Crippen LogP contribution >= 0.6 is 0 Å². The van der Waals surface area contributed by atoms with Gasteiger partial charge in [-0.05, 0) is 53.1 Å². The number of amides is 1. The lowest BCUT2D eigenvalue weighted by molar-refractivity contribution is 0.0558. The van der Waals surface area contributed by atoms with Crippen LogP contribution in [0.25, 0.3) is 0 Å². The lowest BCUT2D eigenvalue weighted by Gasteiger charge is -2.39. The first-order valence-corrected chi connectivity index (χ1v) is 11.7. The third kappa shape index (κ3) is 4.37. The molecule has 33 heavy (non-hydrogen) atoms. The largest absolute Gasteiger partial charge is 0.459 e. The molecular formula is C24H31N7O2. The Bertz CT molecular complexity index is 1050. The smallest absolute Gasteiger partial charge is 0.289 e. The van der Waals surface area contributed by atoms with Crippen molar-refractivity contribution in [3.05, 3.63) is 59.8 Å². The Hall–Kier alpha value is -3.20. The van der Waals surface area contributed by atoms with Crippen molar-refractivity contribution in [1.29, 1.82) is 0 Å². The zero-order chi connectivity index (χ0) is 22.8. The first-order valence-electron chi connectivity index (χ1n) is 11.7. The highest BCUT2D eigenvalue weighted by Crippen LogP contribution is 2.35. The van der Waals surface area contributed by atoms with Crippen LogP contribution in [0.4, 0.5) is 5.69 Å². The van der Waals surface area contributed by atoms with Crippen molar-refractivity contribution < 1.29 is 9.21 Å². The van der Waals surface area contributed by atoms with E-state index in [1.807, 2.05) is 19.0 Å². The van der Waals surface area contributed by atoms with E-state index < -0.39 is 0 Å². The number of hydrogen-bond donors (Lipinski definition) is 0. The van der Waals surface area contributed by atoms with E-state index in [1.54, 1.807) is 18.4 Å². The van der Waals surface area contributed by atoms with Crippen molar-refractivity contribution in [2.24, 2.45) is 0 Å². The van der Waals surface area contributed by atoms with Crippen LogP contribution in [0.1, 0.15) is 59.7 Å². The molecular weight excluding hydrogens is 418 g/mol. The van der Waals surface area contributed by atoms with E-state index in [4.69, 9.17) is 4.42 Å². The van der Waals surface area contributed by atoms with E-state index in [2.05, 4.69) is 54.3 Å². The highest BCUT2D eigenvalue weighted by Gasteiger charge is 2.34. The third-order valence-corrected chi connectivity index (χ3v) is 6.86. The number of carbonyl (C=O) groups is 1. The molecule has 2 aromatic heterocycles. The predicted molar refractivity (Wildman–Crippen MR) is 124 cm³/mol. The van der Waals surface area contributed by atoms with Crippen molar-refractivity contribution >= 4 is 11.6 Å². The monoisotopic (exact) mass is 449 g/mol. The number of tetrazole rings is 1. The predicted octanol–water partition coefficient (Wildman–Crippen LogP) is 2.99. The molecule has 9 heteroatoms. The van der Waals surface area contributed by atoms with Gasteiger partial charge in [-0.25, -0.2) is 4.68 Å². The summed E-state index contributed by atoms with van der Waals surface area (Å²) in [6.07, 6.45) is 6.23. The van der Waals surface area contributed by atoms with Crippen LogP contribution in [0.3, 0.4) is 0 Å². The Kier molecular flexibility index (Phi) is 6.13. The molecule has 0 unspecified atom stereocenters. The molecule has 0 N–H and O–H groups in total. The summed E-state index contributed by atoms with van der Waals surface area (Å²) in [6.45, 7) is 2.75. The van der Waals surface area contributed by atoms with Crippen LogP contribution in [-0.4, -0.2) is 76.2 Å². The second-order valence-electron chi connectivity index (χ2n) is 9.11. The number of anilines is 1. The molecule has 5 rings (SSSR count). The number of furan rings is 1. The van der Waals surface area contributed by atoms with E-state index >= 15 is 0 Å². The van der Waals surface area contributed by atoms with Crippen LogP contribution in [-0.2, 0) is 0 Å². The standard InChI is InChI=1S/C24H31N7O2/c1-28(2)19-11-9-18(10-12-19)22(23-25-26-27-31(23)20-6-3-4-7-20)29-13-15-30(16-14-29)24(32)21-8-5-17-33-21/h5,8-12,17,20,22H,3-4,6-7,13-16H2,1-2H3/t22-/m0/s1. The topological polar surface area (TPSA) is 83.5 Å². The highest BCUT2D eigenvalue weighted by molar-refractivity contribution is 5.91. The Morgan fingerprint density at radius 1 is 1.06 bits per heavy atom. The molecule has 1 saturated carbocycles. The maximum atomic E-state index is 12.7. The first-order chi connectivity index (χ1) is 16.1. The van der Waals surface area contributed by atoms with Crippen LogP contribution in [0.5, 0.6) is 0 Å². The van der Waals surface area contributed by atoms with Gasteiger partial charge in [0.05, 0.1) is 18.3 Å². The van der Waals surface area contributed by atoms with E-state index in [9.17, 15) is 4.79 Å². The van der Waals surface area contributed by atoms with Crippen LogP contribution < -0.4 is 4.90 Å². The average Bonchev–Trinajstić information content (AvgIpc) is 3.62. The SMILES string of the molecule is CN(C)c1ccc([C@@H](c2nnnn2C2CCCC2)N2CCN(C(=O)c3ccco3)CC2)cc1. The number of benzene rings is 1. The Balaban J connectivity index is 1.41. The van der Waals surface area contributed by atoms with Gasteiger partial charge in [0.15, 0.2) is 11.6 Å². The van der Waals surface area contributed by atoms with Crippen molar-refractivity contribution in [3.8, 4) is 0 Å². The van der Waals surface area contributed by atoms with Crippen molar-refractivity contribution in [2.45, 2.75) is 37.8 Å². The van der Waals surface area contributed by atoms with E-state index in [-0.39, 0.29) is 11.9 Å². The van der Waals surface area contributed by atoms with Gasteiger partial charge in [-0.3, -0.25) is 9.69 Å². The highest BCUT2D eigenvalue weighted by atomic mass is 16.3. The molecule has 1 atom stereocenters. The van der Waals surface area contributed by atoms with Gasteiger partial charge in [-0.2, -0.15) is 0 Å². The van der Waals surface area contributed by atoms with Gasteiger partial charge < -0.3 is 14.2 Å². The quantitative estimate of drug-likeness (QED) is 0.572. The molecule has 0 spiro atoms.